The Morgan fingerprint density at radius 3 is 2.33 bits per heavy atom. The molecule has 0 saturated carbocycles. The van der Waals surface area contributed by atoms with Crippen LogP contribution in [0.4, 0.5) is 0 Å². The van der Waals surface area contributed by atoms with E-state index in [-0.39, 0.29) is 5.78 Å². The van der Waals surface area contributed by atoms with Gasteiger partial charge < -0.3 is 0 Å². The highest BCUT2D eigenvalue weighted by Gasteiger charge is 2.11. The van der Waals surface area contributed by atoms with E-state index in [1.54, 1.807) is 11.3 Å². The van der Waals surface area contributed by atoms with Crippen molar-refractivity contribution in [2.75, 3.05) is 0 Å². The van der Waals surface area contributed by atoms with Gasteiger partial charge in [0.05, 0.1) is 4.88 Å². The van der Waals surface area contributed by atoms with E-state index in [1.165, 1.54) is 10.4 Å². The first-order valence-electron chi connectivity index (χ1n) is 6.47. The van der Waals surface area contributed by atoms with Crippen LogP contribution in [0.2, 0.25) is 0 Å². The minimum absolute atomic E-state index is 0.141. The molecule has 2 aromatic rings. The first-order valence-corrected chi connectivity index (χ1v) is 7.28. The average Bonchev–Trinajstić information content (AvgIpc) is 2.88. The highest BCUT2D eigenvalue weighted by atomic mass is 32.1. The molecule has 0 bridgehead atoms. The lowest BCUT2D eigenvalue weighted by Gasteiger charge is -2.01. The number of rotatable bonds is 5. The van der Waals surface area contributed by atoms with Crippen molar-refractivity contribution < 1.29 is 4.79 Å². The van der Waals surface area contributed by atoms with E-state index in [0.29, 0.717) is 0 Å². The monoisotopic (exact) mass is 258 g/mol. The fourth-order valence-electron chi connectivity index (χ4n) is 1.94. The Bertz CT molecular complexity index is 522. The fraction of sp³-hybridized carbons (Fsp3) is 0.312. The second kappa shape index (κ2) is 5.96. The van der Waals surface area contributed by atoms with E-state index in [4.69, 9.17) is 0 Å². The van der Waals surface area contributed by atoms with Crippen molar-refractivity contribution in [2.24, 2.45) is 0 Å². The van der Waals surface area contributed by atoms with Crippen LogP contribution in [-0.2, 0) is 12.8 Å². The molecule has 0 unspecified atom stereocenters. The summed E-state index contributed by atoms with van der Waals surface area (Å²) in [5.74, 6) is 0.141. The molecule has 0 amide bonds. The molecule has 2 rings (SSSR count). The van der Waals surface area contributed by atoms with Crippen LogP contribution in [0.25, 0.3) is 0 Å². The summed E-state index contributed by atoms with van der Waals surface area (Å²) in [4.78, 5) is 14.4. The third-order valence-corrected chi connectivity index (χ3v) is 4.22. The number of benzene rings is 1. The van der Waals surface area contributed by atoms with Crippen LogP contribution in [0.3, 0.4) is 0 Å². The molecule has 0 atom stereocenters. The molecule has 0 spiro atoms. The molecule has 94 valence electrons. The zero-order valence-electron chi connectivity index (χ0n) is 10.9. The van der Waals surface area contributed by atoms with Crippen molar-refractivity contribution >= 4 is 17.1 Å². The molecule has 2 heteroatoms. The predicted molar refractivity (Wildman–Crippen MR) is 77.6 cm³/mol. The highest BCUT2D eigenvalue weighted by Crippen LogP contribution is 2.20. The Kier molecular flexibility index (Phi) is 4.32. The predicted octanol–water partition coefficient (Wildman–Crippen LogP) is 4.49. The molecule has 0 radical (unpaired) electrons. The quantitative estimate of drug-likeness (QED) is 0.722. The van der Waals surface area contributed by atoms with Crippen molar-refractivity contribution in [2.45, 2.75) is 33.1 Å². The Morgan fingerprint density at radius 2 is 1.78 bits per heavy atom. The molecular formula is C16H18OS. The summed E-state index contributed by atoms with van der Waals surface area (Å²) in [6.45, 7) is 4.27. The van der Waals surface area contributed by atoms with Crippen molar-refractivity contribution in [3.63, 3.8) is 0 Å². The maximum Gasteiger partial charge on any atom is 0.202 e. The molecule has 0 aliphatic rings. The number of carbonyl (C=O) groups excluding carboxylic acids is 1. The van der Waals surface area contributed by atoms with E-state index < -0.39 is 0 Å². The molecule has 18 heavy (non-hydrogen) atoms. The van der Waals surface area contributed by atoms with Crippen LogP contribution in [0.5, 0.6) is 0 Å². The number of carbonyl (C=O) groups is 1. The van der Waals surface area contributed by atoms with Crippen molar-refractivity contribution in [1.82, 2.24) is 0 Å². The van der Waals surface area contributed by atoms with E-state index >= 15 is 0 Å². The summed E-state index contributed by atoms with van der Waals surface area (Å²) in [5.41, 5.74) is 2.09. The standard InChI is InChI=1S/C16H18OS/c1-3-5-12-6-8-13(9-7-12)16(17)15-11-10-14(4-2)18-15/h6-11H,3-5H2,1-2H3. The molecular weight excluding hydrogens is 240 g/mol. The van der Waals surface area contributed by atoms with E-state index in [0.717, 1.165) is 29.7 Å². The zero-order chi connectivity index (χ0) is 13.0. The van der Waals surface area contributed by atoms with Gasteiger partial charge in [0.2, 0.25) is 5.78 Å². The van der Waals surface area contributed by atoms with Gasteiger partial charge in [-0.3, -0.25) is 4.79 Å². The molecule has 1 heterocycles. The molecule has 1 aromatic carbocycles. The number of aryl methyl sites for hydroxylation is 2. The van der Waals surface area contributed by atoms with Gasteiger partial charge in [-0.25, -0.2) is 0 Å². The number of ketones is 1. The van der Waals surface area contributed by atoms with Gasteiger partial charge in [0.1, 0.15) is 0 Å². The fourth-order valence-corrected chi connectivity index (χ4v) is 2.85. The van der Waals surface area contributed by atoms with E-state index in [9.17, 15) is 4.79 Å². The first-order chi connectivity index (χ1) is 8.74. The Morgan fingerprint density at radius 1 is 1.06 bits per heavy atom. The second-order valence-corrected chi connectivity index (χ2v) is 5.56. The van der Waals surface area contributed by atoms with E-state index in [1.807, 2.05) is 24.3 Å². The SMILES string of the molecule is CCCc1ccc(C(=O)c2ccc(CC)s2)cc1. The molecule has 0 fully saturated rings. The van der Waals surface area contributed by atoms with Crippen LogP contribution < -0.4 is 0 Å². The van der Waals surface area contributed by atoms with Crippen molar-refractivity contribution in [3.8, 4) is 0 Å². The summed E-state index contributed by atoms with van der Waals surface area (Å²) in [6.07, 6.45) is 3.21. The van der Waals surface area contributed by atoms with Gasteiger partial charge in [-0.15, -0.1) is 11.3 Å². The smallest absolute Gasteiger partial charge is 0.202 e. The Labute approximate surface area is 112 Å². The van der Waals surface area contributed by atoms with Crippen LogP contribution in [0.15, 0.2) is 36.4 Å². The van der Waals surface area contributed by atoms with Gasteiger partial charge >= 0.3 is 0 Å². The zero-order valence-corrected chi connectivity index (χ0v) is 11.7. The summed E-state index contributed by atoms with van der Waals surface area (Å²) < 4.78 is 0. The Hall–Kier alpha value is -1.41. The minimum Gasteiger partial charge on any atom is -0.288 e. The van der Waals surface area contributed by atoms with Crippen molar-refractivity contribution in [1.29, 1.82) is 0 Å². The maximum atomic E-state index is 12.3. The lowest BCUT2D eigenvalue weighted by molar-refractivity contribution is 0.104. The number of hydrogen-bond donors (Lipinski definition) is 0. The van der Waals surface area contributed by atoms with Gasteiger partial charge in [0.25, 0.3) is 0 Å². The summed E-state index contributed by atoms with van der Waals surface area (Å²) in [7, 11) is 0. The third kappa shape index (κ3) is 2.88. The summed E-state index contributed by atoms with van der Waals surface area (Å²) >= 11 is 1.60. The maximum absolute atomic E-state index is 12.3. The van der Waals surface area contributed by atoms with Gasteiger partial charge in [0.15, 0.2) is 0 Å². The Balaban J connectivity index is 2.17. The second-order valence-electron chi connectivity index (χ2n) is 4.40. The molecule has 1 nitrogen and oxygen atoms in total. The first kappa shape index (κ1) is 13.0. The van der Waals surface area contributed by atoms with E-state index in [2.05, 4.69) is 26.0 Å². The lowest BCUT2D eigenvalue weighted by atomic mass is 10.0. The van der Waals surface area contributed by atoms with Gasteiger partial charge in [0, 0.05) is 10.4 Å². The normalized spacial score (nSPS) is 10.6. The molecule has 0 saturated heterocycles. The van der Waals surface area contributed by atoms with Crippen LogP contribution in [0.1, 0.15) is 45.9 Å². The van der Waals surface area contributed by atoms with Crippen molar-refractivity contribution in [3.05, 3.63) is 57.3 Å². The largest absolute Gasteiger partial charge is 0.288 e. The van der Waals surface area contributed by atoms with Crippen LogP contribution in [0, 0.1) is 0 Å². The van der Waals surface area contributed by atoms with Gasteiger partial charge in [-0.1, -0.05) is 44.5 Å². The number of thiophene rings is 1. The topological polar surface area (TPSA) is 17.1 Å². The average molecular weight is 258 g/mol. The summed E-state index contributed by atoms with van der Waals surface area (Å²) in [5, 5.41) is 0. The molecule has 0 aliphatic heterocycles. The van der Waals surface area contributed by atoms with Crippen LogP contribution in [-0.4, -0.2) is 5.78 Å². The lowest BCUT2D eigenvalue weighted by Crippen LogP contribution is -1.98. The van der Waals surface area contributed by atoms with Gasteiger partial charge in [-0.2, -0.15) is 0 Å². The highest BCUT2D eigenvalue weighted by molar-refractivity contribution is 7.14. The molecule has 0 N–H and O–H groups in total. The minimum atomic E-state index is 0.141. The third-order valence-electron chi connectivity index (χ3n) is 2.99. The van der Waals surface area contributed by atoms with Crippen LogP contribution >= 0.6 is 11.3 Å². The molecule has 1 aromatic heterocycles. The summed E-state index contributed by atoms with van der Waals surface area (Å²) in [6, 6.07) is 12.0. The molecule has 0 aliphatic carbocycles. The number of hydrogen-bond acceptors (Lipinski definition) is 2. The van der Waals surface area contributed by atoms with Gasteiger partial charge in [-0.05, 0) is 30.5 Å².